The molecule has 0 saturated carbocycles. The van der Waals surface area contributed by atoms with Crippen molar-refractivity contribution in [3.63, 3.8) is 0 Å². The van der Waals surface area contributed by atoms with Gasteiger partial charge in [0.25, 0.3) is 0 Å². The van der Waals surface area contributed by atoms with E-state index >= 15 is 0 Å². The van der Waals surface area contributed by atoms with Gasteiger partial charge >= 0.3 is 0 Å². The molecule has 0 fully saturated rings. The molecular formula is C9H12N2O2. The summed E-state index contributed by atoms with van der Waals surface area (Å²) in [6.07, 6.45) is 7.19. The molecule has 0 aliphatic rings. The van der Waals surface area contributed by atoms with Crippen molar-refractivity contribution in [2.45, 2.75) is 19.4 Å². The molecule has 1 aromatic rings. The van der Waals surface area contributed by atoms with Gasteiger partial charge < -0.3 is 9.90 Å². The van der Waals surface area contributed by atoms with Crippen LogP contribution in [0.3, 0.4) is 0 Å². The maximum atomic E-state index is 10.7. The van der Waals surface area contributed by atoms with Crippen LogP contribution >= 0.6 is 0 Å². The number of hydrogen-bond donors (Lipinski definition) is 0. The Morgan fingerprint density at radius 3 is 2.92 bits per heavy atom. The van der Waals surface area contributed by atoms with Crippen molar-refractivity contribution in [2.24, 2.45) is 0 Å². The number of aliphatic carboxylic acids is 1. The Hall–Kier alpha value is -1.58. The van der Waals surface area contributed by atoms with E-state index in [0.717, 1.165) is 0 Å². The highest BCUT2D eigenvalue weighted by atomic mass is 16.4. The van der Waals surface area contributed by atoms with Crippen LogP contribution in [-0.4, -0.2) is 10.5 Å². The third kappa shape index (κ3) is 1.96. The topological polar surface area (TPSA) is 48.9 Å². The highest BCUT2D eigenvalue weighted by Gasteiger charge is 2.14. The standard InChI is InChI=1S/C9H12N2O2/c1-3-8(9(12)13)11-6-5-10(4-2)7-11/h4-8H,2-3H2,1H3. The van der Waals surface area contributed by atoms with Gasteiger partial charge in [-0.05, 0) is 6.42 Å². The minimum absolute atomic E-state index is 0.508. The molecule has 13 heavy (non-hydrogen) atoms. The quantitative estimate of drug-likeness (QED) is 0.591. The van der Waals surface area contributed by atoms with Crippen molar-refractivity contribution in [1.82, 2.24) is 4.57 Å². The number of carbonyl (C=O) groups excluding carboxylic acids is 1. The molecule has 0 saturated heterocycles. The molecule has 1 unspecified atom stereocenters. The molecular weight excluding hydrogens is 168 g/mol. The van der Waals surface area contributed by atoms with Gasteiger partial charge in [0, 0.05) is 0 Å². The number of carboxylic acid groups (broad SMARTS) is 1. The highest BCUT2D eigenvalue weighted by Crippen LogP contribution is 2.00. The molecule has 70 valence electrons. The summed E-state index contributed by atoms with van der Waals surface area (Å²) in [4.78, 5) is 10.7. The summed E-state index contributed by atoms with van der Waals surface area (Å²) in [6.45, 7) is 5.37. The van der Waals surface area contributed by atoms with E-state index in [0.29, 0.717) is 6.42 Å². The van der Waals surface area contributed by atoms with Crippen LogP contribution in [-0.2, 0) is 4.79 Å². The van der Waals surface area contributed by atoms with Crippen LogP contribution < -0.4 is 9.67 Å². The van der Waals surface area contributed by atoms with Crippen molar-refractivity contribution in [2.75, 3.05) is 0 Å². The normalized spacial score (nSPS) is 12.4. The highest BCUT2D eigenvalue weighted by molar-refractivity contribution is 5.67. The summed E-state index contributed by atoms with van der Waals surface area (Å²) in [7, 11) is 0. The molecule has 0 radical (unpaired) electrons. The second-order valence-corrected chi connectivity index (χ2v) is 2.73. The van der Waals surface area contributed by atoms with Gasteiger partial charge in [0.15, 0.2) is 0 Å². The fourth-order valence-corrected chi connectivity index (χ4v) is 1.18. The smallest absolute Gasteiger partial charge is 0.249 e. The SMILES string of the molecule is C=Cn1cc[n+](C(CC)C(=O)[O-])c1. The largest absolute Gasteiger partial charge is 0.546 e. The van der Waals surface area contributed by atoms with Crippen molar-refractivity contribution in [3.05, 3.63) is 25.3 Å². The van der Waals surface area contributed by atoms with Crippen molar-refractivity contribution in [3.8, 4) is 0 Å². The Labute approximate surface area is 76.7 Å². The number of imidazole rings is 1. The van der Waals surface area contributed by atoms with E-state index in [1.807, 2.05) is 0 Å². The van der Waals surface area contributed by atoms with Crippen LogP contribution in [0, 0.1) is 0 Å². The molecule has 1 atom stereocenters. The van der Waals surface area contributed by atoms with Gasteiger partial charge in [-0.15, -0.1) is 0 Å². The number of hydrogen-bond acceptors (Lipinski definition) is 2. The van der Waals surface area contributed by atoms with Crippen LogP contribution in [0.5, 0.6) is 0 Å². The average Bonchev–Trinajstić information content (AvgIpc) is 2.53. The fourth-order valence-electron chi connectivity index (χ4n) is 1.18. The van der Waals surface area contributed by atoms with E-state index in [1.165, 1.54) is 0 Å². The van der Waals surface area contributed by atoms with Crippen LogP contribution in [0.1, 0.15) is 19.4 Å². The maximum absolute atomic E-state index is 10.7. The summed E-state index contributed by atoms with van der Waals surface area (Å²) in [5.41, 5.74) is 0. The first kappa shape index (κ1) is 9.51. The van der Waals surface area contributed by atoms with Gasteiger partial charge in [-0.2, -0.15) is 0 Å². The summed E-state index contributed by atoms with van der Waals surface area (Å²) in [5, 5.41) is 10.7. The number of carbonyl (C=O) groups is 1. The zero-order valence-electron chi connectivity index (χ0n) is 7.51. The molecule has 4 nitrogen and oxygen atoms in total. The summed E-state index contributed by atoms with van der Waals surface area (Å²) in [6, 6.07) is -0.596. The Morgan fingerprint density at radius 1 is 1.85 bits per heavy atom. The van der Waals surface area contributed by atoms with Gasteiger partial charge in [0.1, 0.15) is 18.4 Å². The van der Waals surface area contributed by atoms with Gasteiger partial charge in [-0.3, -0.25) is 0 Å². The first-order chi connectivity index (χ1) is 6.19. The van der Waals surface area contributed by atoms with E-state index in [2.05, 4.69) is 6.58 Å². The zero-order chi connectivity index (χ0) is 9.84. The fraction of sp³-hybridized carbons (Fsp3) is 0.333. The van der Waals surface area contributed by atoms with Crippen LogP contribution in [0.4, 0.5) is 0 Å². The van der Waals surface area contributed by atoms with E-state index in [4.69, 9.17) is 0 Å². The van der Waals surface area contributed by atoms with Gasteiger partial charge in [-0.25, -0.2) is 9.13 Å². The molecule has 1 rings (SSSR count). The van der Waals surface area contributed by atoms with Crippen LogP contribution in [0.15, 0.2) is 25.3 Å². The second kappa shape index (κ2) is 3.89. The minimum Gasteiger partial charge on any atom is -0.546 e. The van der Waals surface area contributed by atoms with E-state index in [1.54, 1.807) is 41.0 Å². The van der Waals surface area contributed by atoms with Crippen LogP contribution in [0.2, 0.25) is 0 Å². The monoisotopic (exact) mass is 180 g/mol. The molecule has 0 bridgehead atoms. The number of nitrogens with zero attached hydrogens (tertiary/aromatic N) is 2. The lowest BCUT2D eigenvalue weighted by atomic mass is 10.2. The third-order valence-corrected chi connectivity index (χ3v) is 1.91. The molecule has 0 spiro atoms. The lowest BCUT2D eigenvalue weighted by Gasteiger charge is -2.11. The molecule has 0 aromatic carbocycles. The second-order valence-electron chi connectivity index (χ2n) is 2.73. The van der Waals surface area contributed by atoms with Crippen molar-refractivity contribution >= 4 is 12.2 Å². The van der Waals surface area contributed by atoms with E-state index in [9.17, 15) is 9.90 Å². The summed E-state index contributed by atoms with van der Waals surface area (Å²) in [5.74, 6) is -1.06. The molecule has 0 aliphatic heterocycles. The van der Waals surface area contributed by atoms with Crippen molar-refractivity contribution in [1.29, 1.82) is 0 Å². The third-order valence-electron chi connectivity index (χ3n) is 1.91. The Morgan fingerprint density at radius 2 is 2.54 bits per heavy atom. The first-order valence-electron chi connectivity index (χ1n) is 4.10. The van der Waals surface area contributed by atoms with Crippen LogP contribution in [0.25, 0.3) is 6.20 Å². The molecule has 0 aliphatic carbocycles. The molecule has 0 N–H and O–H groups in total. The Balaban J connectivity index is 2.91. The summed E-state index contributed by atoms with van der Waals surface area (Å²) >= 11 is 0. The number of rotatable bonds is 4. The lowest BCUT2D eigenvalue weighted by molar-refractivity contribution is -0.715. The van der Waals surface area contributed by atoms with E-state index < -0.39 is 12.0 Å². The zero-order valence-corrected chi connectivity index (χ0v) is 7.51. The van der Waals surface area contributed by atoms with Crippen molar-refractivity contribution < 1.29 is 14.5 Å². The molecule has 4 heteroatoms. The summed E-state index contributed by atoms with van der Waals surface area (Å²) < 4.78 is 3.28. The minimum atomic E-state index is -1.06. The Bertz CT molecular complexity index is 317. The predicted molar refractivity (Wildman–Crippen MR) is 45.3 cm³/mol. The number of aromatic nitrogens is 2. The Kier molecular flexibility index (Phi) is 2.84. The van der Waals surface area contributed by atoms with Gasteiger partial charge in [-0.1, -0.05) is 13.5 Å². The first-order valence-corrected chi connectivity index (χ1v) is 4.10. The molecule has 0 amide bonds. The van der Waals surface area contributed by atoms with E-state index in [-0.39, 0.29) is 0 Å². The maximum Gasteiger partial charge on any atom is 0.249 e. The molecule has 1 heterocycles. The van der Waals surface area contributed by atoms with Gasteiger partial charge in [0.05, 0.1) is 12.2 Å². The average molecular weight is 180 g/mol. The number of carboxylic acids is 1. The molecule has 1 aromatic heterocycles. The predicted octanol–water partition coefficient (Wildman–Crippen LogP) is -0.423. The van der Waals surface area contributed by atoms with Gasteiger partial charge in [0.2, 0.25) is 6.33 Å². The lowest BCUT2D eigenvalue weighted by Crippen LogP contribution is -2.47.